The maximum atomic E-state index is 13.5. The van der Waals surface area contributed by atoms with Crippen LogP contribution in [0, 0.1) is 35.3 Å². The van der Waals surface area contributed by atoms with Crippen LogP contribution in [0.2, 0.25) is 0 Å². The third-order valence-electron chi connectivity index (χ3n) is 7.89. The van der Waals surface area contributed by atoms with Crippen LogP contribution in [0.1, 0.15) is 95.0 Å². The van der Waals surface area contributed by atoms with Gasteiger partial charge in [-0.3, -0.25) is 0 Å². The lowest BCUT2D eigenvalue weighted by Crippen LogP contribution is -2.26. The second-order valence-electron chi connectivity index (χ2n) is 9.45. The quantitative estimate of drug-likeness (QED) is 0.518. The van der Waals surface area contributed by atoms with Gasteiger partial charge >= 0.3 is 0 Å². The zero-order chi connectivity index (χ0) is 17.9. The van der Waals surface area contributed by atoms with E-state index in [0.29, 0.717) is 5.92 Å². The Morgan fingerprint density at radius 1 is 0.654 bits per heavy atom. The fourth-order valence-corrected chi connectivity index (χ4v) is 6.30. The van der Waals surface area contributed by atoms with Gasteiger partial charge in [-0.2, -0.15) is 0 Å². The maximum Gasteiger partial charge on any atom is 0.159 e. The minimum absolute atomic E-state index is 0.431. The molecule has 3 fully saturated rings. The van der Waals surface area contributed by atoms with Crippen LogP contribution in [0.15, 0.2) is 18.2 Å². The first-order valence-electron chi connectivity index (χ1n) is 11.1. The molecule has 0 unspecified atom stereocenters. The van der Waals surface area contributed by atoms with Gasteiger partial charge in [0.15, 0.2) is 11.6 Å². The highest BCUT2D eigenvalue weighted by molar-refractivity contribution is 5.22. The highest BCUT2D eigenvalue weighted by Crippen LogP contribution is 2.45. The van der Waals surface area contributed by atoms with Crippen LogP contribution in [0.4, 0.5) is 8.78 Å². The minimum atomic E-state index is -0.725. The fourth-order valence-electron chi connectivity index (χ4n) is 6.30. The van der Waals surface area contributed by atoms with Crippen LogP contribution in [0.3, 0.4) is 0 Å². The Bertz CT molecular complexity index is 574. The third-order valence-corrected chi connectivity index (χ3v) is 7.89. The van der Waals surface area contributed by atoms with E-state index in [1.165, 1.54) is 82.8 Å². The van der Waals surface area contributed by atoms with Gasteiger partial charge in [0.1, 0.15) is 0 Å². The molecule has 0 aliphatic heterocycles. The molecule has 0 amide bonds. The highest BCUT2D eigenvalue weighted by Gasteiger charge is 2.32. The number of hydrogen-bond acceptors (Lipinski definition) is 0. The molecule has 0 N–H and O–H groups in total. The zero-order valence-corrected chi connectivity index (χ0v) is 16.1. The van der Waals surface area contributed by atoms with Crippen molar-refractivity contribution < 1.29 is 8.78 Å². The van der Waals surface area contributed by atoms with Crippen LogP contribution in [-0.2, 0) is 0 Å². The summed E-state index contributed by atoms with van der Waals surface area (Å²) in [6, 6.07) is 4.51. The van der Waals surface area contributed by atoms with Gasteiger partial charge in [0.05, 0.1) is 0 Å². The zero-order valence-electron chi connectivity index (χ0n) is 16.1. The van der Waals surface area contributed by atoms with Gasteiger partial charge in [-0.15, -0.1) is 0 Å². The maximum absolute atomic E-state index is 13.5. The van der Waals surface area contributed by atoms with Crippen LogP contribution in [0.5, 0.6) is 0 Å². The van der Waals surface area contributed by atoms with E-state index in [2.05, 4.69) is 0 Å². The van der Waals surface area contributed by atoms with Gasteiger partial charge in [0, 0.05) is 0 Å². The SMILES string of the molecule is Fc1ccc(C2CCC(C3CCC(CC4CCCC4)CC3)CC2)cc1F. The van der Waals surface area contributed by atoms with Crippen molar-refractivity contribution in [1.82, 2.24) is 0 Å². The second-order valence-corrected chi connectivity index (χ2v) is 9.45. The van der Waals surface area contributed by atoms with Gasteiger partial charge < -0.3 is 0 Å². The van der Waals surface area contributed by atoms with Crippen molar-refractivity contribution in [2.24, 2.45) is 23.7 Å². The lowest BCUT2D eigenvalue weighted by molar-refractivity contribution is 0.149. The van der Waals surface area contributed by atoms with E-state index in [4.69, 9.17) is 0 Å². The molecule has 144 valence electrons. The largest absolute Gasteiger partial charge is 0.204 e. The molecule has 3 aliphatic carbocycles. The van der Waals surface area contributed by atoms with E-state index in [9.17, 15) is 8.78 Å². The van der Waals surface area contributed by atoms with Gasteiger partial charge in [-0.1, -0.05) is 44.6 Å². The van der Waals surface area contributed by atoms with E-state index in [1.54, 1.807) is 6.07 Å². The average Bonchev–Trinajstić information content (AvgIpc) is 3.18. The molecule has 3 saturated carbocycles. The summed E-state index contributed by atoms with van der Waals surface area (Å²) >= 11 is 0. The predicted molar refractivity (Wildman–Crippen MR) is 103 cm³/mol. The normalized spacial score (nSPS) is 33.5. The Balaban J connectivity index is 1.23. The molecule has 3 aliphatic rings. The fraction of sp³-hybridized carbons (Fsp3) is 0.750. The van der Waals surface area contributed by atoms with E-state index in [1.807, 2.05) is 0 Å². The lowest BCUT2D eigenvalue weighted by Gasteiger charge is -2.38. The molecule has 0 atom stereocenters. The topological polar surface area (TPSA) is 0 Å². The first-order chi connectivity index (χ1) is 12.7. The molecule has 0 aromatic heterocycles. The van der Waals surface area contributed by atoms with Crippen molar-refractivity contribution in [3.63, 3.8) is 0 Å². The summed E-state index contributed by atoms with van der Waals surface area (Å²) in [5, 5.41) is 0. The van der Waals surface area contributed by atoms with Gasteiger partial charge in [0.2, 0.25) is 0 Å². The third kappa shape index (κ3) is 4.31. The summed E-state index contributed by atoms with van der Waals surface area (Å²) in [6.07, 6.45) is 18.1. The van der Waals surface area contributed by atoms with Gasteiger partial charge in [-0.05, 0) is 92.2 Å². The Labute approximate surface area is 157 Å². The molecular formula is C24H34F2. The molecule has 26 heavy (non-hydrogen) atoms. The summed E-state index contributed by atoms with van der Waals surface area (Å²) in [5.41, 5.74) is 1.00. The van der Waals surface area contributed by atoms with E-state index in [-0.39, 0.29) is 0 Å². The Hall–Kier alpha value is -0.920. The Morgan fingerprint density at radius 2 is 1.23 bits per heavy atom. The number of rotatable bonds is 4. The smallest absolute Gasteiger partial charge is 0.159 e. The van der Waals surface area contributed by atoms with Gasteiger partial charge in [0.25, 0.3) is 0 Å². The molecule has 4 rings (SSSR count). The van der Waals surface area contributed by atoms with Crippen molar-refractivity contribution in [2.75, 3.05) is 0 Å². The molecule has 0 saturated heterocycles. The van der Waals surface area contributed by atoms with Crippen molar-refractivity contribution >= 4 is 0 Å². The van der Waals surface area contributed by atoms with Crippen LogP contribution in [-0.4, -0.2) is 0 Å². The second kappa shape index (κ2) is 8.40. The molecule has 0 heterocycles. The predicted octanol–water partition coefficient (Wildman–Crippen LogP) is 7.63. The van der Waals surface area contributed by atoms with Crippen LogP contribution in [0.25, 0.3) is 0 Å². The van der Waals surface area contributed by atoms with Crippen molar-refractivity contribution in [3.8, 4) is 0 Å². The van der Waals surface area contributed by atoms with Crippen LogP contribution >= 0.6 is 0 Å². The van der Waals surface area contributed by atoms with E-state index in [0.717, 1.165) is 42.1 Å². The summed E-state index contributed by atoms with van der Waals surface area (Å²) < 4.78 is 26.7. The first kappa shape index (κ1) is 18.4. The molecule has 1 aromatic rings. The molecule has 0 spiro atoms. The number of benzene rings is 1. The molecule has 2 heteroatoms. The molecule has 0 bridgehead atoms. The number of hydrogen-bond donors (Lipinski definition) is 0. The monoisotopic (exact) mass is 360 g/mol. The number of halogens is 2. The minimum Gasteiger partial charge on any atom is -0.204 e. The summed E-state index contributed by atoms with van der Waals surface area (Å²) in [5.74, 6) is 2.88. The lowest BCUT2D eigenvalue weighted by atomic mass is 9.67. The van der Waals surface area contributed by atoms with E-state index >= 15 is 0 Å². The molecule has 0 radical (unpaired) electrons. The standard InChI is InChI=1S/C24H34F2/c25-23-14-13-22(16-24(23)26)21-11-9-20(10-12-21)19-7-5-18(6-8-19)15-17-3-1-2-4-17/h13-14,16-21H,1-12,15H2. The summed E-state index contributed by atoms with van der Waals surface area (Å²) in [7, 11) is 0. The van der Waals surface area contributed by atoms with Crippen molar-refractivity contribution in [3.05, 3.63) is 35.4 Å². The molecule has 1 aromatic carbocycles. The summed E-state index contributed by atoms with van der Waals surface area (Å²) in [4.78, 5) is 0. The average molecular weight is 361 g/mol. The van der Waals surface area contributed by atoms with Crippen molar-refractivity contribution in [1.29, 1.82) is 0 Å². The van der Waals surface area contributed by atoms with Crippen LogP contribution < -0.4 is 0 Å². The van der Waals surface area contributed by atoms with E-state index < -0.39 is 11.6 Å². The first-order valence-corrected chi connectivity index (χ1v) is 11.1. The highest BCUT2D eigenvalue weighted by atomic mass is 19.2. The van der Waals surface area contributed by atoms with Crippen molar-refractivity contribution in [2.45, 2.75) is 89.4 Å². The van der Waals surface area contributed by atoms with Gasteiger partial charge in [-0.25, -0.2) is 8.78 Å². The Kier molecular flexibility index (Phi) is 5.96. The molecular weight excluding hydrogens is 326 g/mol. The Morgan fingerprint density at radius 3 is 1.85 bits per heavy atom. The molecule has 0 nitrogen and oxygen atoms in total. The summed E-state index contributed by atoms with van der Waals surface area (Å²) in [6.45, 7) is 0.